The van der Waals surface area contributed by atoms with E-state index >= 15 is 0 Å². The van der Waals surface area contributed by atoms with Gasteiger partial charge in [-0.1, -0.05) is 11.6 Å². The number of halogens is 1. The highest BCUT2D eigenvalue weighted by Gasteiger charge is 2.29. The largest absolute Gasteiger partial charge is 0.473 e. The Balaban J connectivity index is 1.37. The van der Waals surface area contributed by atoms with Crippen LogP contribution >= 0.6 is 11.6 Å². The van der Waals surface area contributed by atoms with Gasteiger partial charge in [0, 0.05) is 20.0 Å². The minimum absolute atomic E-state index is 0.0156. The van der Waals surface area contributed by atoms with Crippen molar-refractivity contribution in [1.82, 2.24) is 19.9 Å². The van der Waals surface area contributed by atoms with E-state index in [4.69, 9.17) is 25.8 Å². The summed E-state index contributed by atoms with van der Waals surface area (Å²) in [5.41, 5.74) is 2.32. The van der Waals surface area contributed by atoms with Crippen LogP contribution in [0.3, 0.4) is 0 Å². The average molecular weight is 451 g/mol. The van der Waals surface area contributed by atoms with Crippen LogP contribution in [0.15, 0.2) is 0 Å². The second-order valence-electron chi connectivity index (χ2n) is 8.74. The second kappa shape index (κ2) is 9.20. The van der Waals surface area contributed by atoms with Gasteiger partial charge in [0.2, 0.25) is 11.8 Å². The molecule has 2 aliphatic carbocycles. The zero-order chi connectivity index (χ0) is 22.1. The van der Waals surface area contributed by atoms with E-state index < -0.39 is 0 Å². The maximum absolute atomic E-state index is 11.1. The van der Waals surface area contributed by atoms with Crippen molar-refractivity contribution in [2.45, 2.75) is 83.6 Å². The van der Waals surface area contributed by atoms with E-state index in [1.165, 1.54) is 6.92 Å². The van der Waals surface area contributed by atoms with Gasteiger partial charge >= 0.3 is 0 Å². The molecule has 8 nitrogen and oxygen atoms in total. The smallest absolute Gasteiger partial charge is 0.297 e. The van der Waals surface area contributed by atoms with Gasteiger partial charge in [-0.3, -0.25) is 9.36 Å². The van der Waals surface area contributed by atoms with Crippen LogP contribution in [0.5, 0.6) is 11.9 Å². The monoisotopic (exact) mass is 450 g/mol. The number of amides is 1. The quantitative estimate of drug-likeness (QED) is 0.659. The molecule has 2 aliphatic rings. The van der Waals surface area contributed by atoms with Crippen molar-refractivity contribution in [3.63, 3.8) is 0 Å². The standard InChI is InChI=1S/C22H31ClN4O4/c1-12(24-14(3)28)11-29-15-5-7-17(8-6-15)31-22-26-19-13(2)25-21(30-16-9-10-16)18(23)20(19)27(22)4/h12,15-17H,5-11H2,1-4H3,(H,24,28)/t12-,15-,17-/m0/s1. The molecule has 0 unspecified atom stereocenters. The van der Waals surface area contributed by atoms with Crippen molar-refractivity contribution in [1.29, 1.82) is 0 Å². The molecule has 0 spiro atoms. The third-order valence-corrected chi connectivity index (χ3v) is 6.13. The zero-order valence-electron chi connectivity index (χ0n) is 18.6. The predicted octanol–water partition coefficient (Wildman–Crippen LogP) is 3.70. The Morgan fingerprint density at radius 3 is 2.39 bits per heavy atom. The van der Waals surface area contributed by atoms with Gasteiger partial charge in [-0.05, 0) is 52.4 Å². The van der Waals surface area contributed by atoms with Crippen LogP contribution < -0.4 is 14.8 Å². The molecule has 1 N–H and O–H groups in total. The van der Waals surface area contributed by atoms with E-state index in [0.29, 0.717) is 23.5 Å². The van der Waals surface area contributed by atoms with Crippen molar-refractivity contribution in [2.24, 2.45) is 7.05 Å². The van der Waals surface area contributed by atoms with Crippen LogP contribution in [0.1, 0.15) is 58.1 Å². The zero-order valence-corrected chi connectivity index (χ0v) is 19.4. The number of nitrogens with one attached hydrogen (secondary N) is 1. The molecule has 1 amide bonds. The van der Waals surface area contributed by atoms with Crippen LogP contribution in [0, 0.1) is 6.92 Å². The molecule has 9 heteroatoms. The molecule has 0 aliphatic heterocycles. The lowest BCUT2D eigenvalue weighted by Crippen LogP contribution is -2.37. The minimum atomic E-state index is -0.0348. The second-order valence-corrected chi connectivity index (χ2v) is 9.11. The van der Waals surface area contributed by atoms with Crippen molar-refractivity contribution in [3.05, 3.63) is 10.7 Å². The molecule has 2 saturated carbocycles. The summed E-state index contributed by atoms with van der Waals surface area (Å²) in [5, 5.41) is 3.33. The number of nitrogens with zero attached hydrogens (tertiary/aromatic N) is 3. The number of aryl methyl sites for hydroxylation is 2. The van der Waals surface area contributed by atoms with Crippen molar-refractivity contribution >= 4 is 28.5 Å². The molecular formula is C22H31ClN4O4. The highest BCUT2D eigenvalue weighted by molar-refractivity contribution is 6.36. The Morgan fingerprint density at radius 2 is 1.74 bits per heavy atom. The molecule has 2 aromatic rings. The number of carbonyl (C=O) groups excluding carboxylic acids is 1. The van der Waals surface area contributed by atoms with E-state index in [-0.39, 0.29) is 30.3 Å². The highest BCUT2D eigenvalue weighted by atomic mass is 35.5. The SMILES string of the molecule is CC(=O)N[C@@H](C)CO[C@H]1CC[C@H](Oc2nc3c(C)nc(OC4CC4)c(Cl)c3n2C)CC1. The van der Waals surface area contributed by atoms with Crippen LogP contribution in [0.2, 0.25) is 5.02 Å². The Bertz CT molecular complexity index is 951. The van der Waals surface area contributed by atoms with Gasteiger partial charge in [0.25, 0.3) is 6.01 Å². The van der Waals surface area contributed by atoms with Crippen LogP contribution in [-0.4, -0.2) is 51.4 Å². The first-order valence-electron chi connectivity index (χ1n) is 11.1. The third-order valence-electron chi connectivity index (χ3n) is 5.79. The number of aromatic nitrogens is 3. The molecule has 0 radical (unpaired) electrons. The third kappa shape index (κ3) is 5.23. The number of imidazole rings is 1. The summed E-state index contributed by atoms with van der Waals surface area (Å²) in [6.45, 7) is 5.91. The molecule has 31 heavy (non-hydrogen) atoms. The molecule has 0 aromatic carbocycles. The summed E-state index contributed by atoms with van der Waals surface area (Å²) in [5.74, 6) is 0.447. The topological polar surface area (TPSA) is 87.5 Å². The first-order valence-corrected chi connectivity index (χ1v) is 11.4. The van der Waals surface area contributed by atoms with Gasteiger partial charge in [0.1, 0.15) is 22.7 Å². The van der Waals surface area contributed by atoms with Gasteiger partial charge in [-0.25, -0.2) is 4.98 Å². The fraction of sp³-hybridized carbons (Fsp3) is 0.682. The number of fused-ring (bicyclic) bond motifs is 1. The molecule has 2 heterocycles. The molecule has 2 aromatic heterocycles. The van der Waals surface area contributed by atoms with Gasteiger partial charge in [0.15, 0.2) is 0 Å². The number of hydrogen-bond acceptors (Lipinski definition) is 6. The summed E-state index contributed by atoms with van der Waals surface area (Å²) in [7, 11) is 1.91. The maximum Gasteiger partial charge on any atom is 0.297 e. The van der Waals surface area contributed by atoms with E-state index in [9.17, 15) is 4.79 Å². The van der Waals surface area contributed by atoms with Crippen LogP contribution in [-0.2, 0) is 16.6 Å². The summed E-state index contributed by atoms with van der Waals surface area (Å²) in [6, 6.07) is 0.566. The van der Waals surface area contributed by atoms with E-state index in [1.807, 2.05) is 25.5 Å². The molecule has 170 valence electrons. The molecule has 1 atom stereocenters. The minimum Gasteiger partial charge on any atom is -0.473 e. The van der Waals surface area contributed by atoms with Gasteiger partial charge < -0.3 is 19.5 Å². The normalized spacial score (nSPS) is 22.4. The summed E-state index contributed by atoms with van der Waals surface area (Å²) in [6.07, 6.45) is 6.22. The molecule has 2 fully saturated rings. The van der Waals surface area contributed by atoms with Gasteiger partial charge in [-0.2, -0.15) is 4.98 Å². The Labute approximate surface area is 187 Å². The Kier molecular flexibility index (Phi) is 6.57. The lowest BCUT2D eigenvalue weighted by atomic mass is 9.95. The number of rotatable bonds is 8. The number of ether oxygens (including phenoxy) is 3. The molecule has 0 saturated heterocycles. The Hall–Kier alpha value is -2.06. The van der Waals surface area contributed by atoms with Gasteiger partial charge in [-0.15, -0.1) is 0 Å². The van der Waals surface area contributed by atoms with E-state index in [0.717, 1.165) is 55.3 Å². The first kappa shape index (κ1) is 22.1. The van der Waals surface area contributed by atoms with Crippen molar-refractivity contribution in [2.75, 3.05) is 6.61 Å². The fourth-order valence-corrected chi connectivity index (χ4v) is 4.30. The fourth-order valence-electron chi connectivity index (χ4n) is 4.00. The van der Waals surface area contributed by atoms with Crippen molar-refractivity contribution in [3.8, 4) is 11.9 Å². The lowest BCUT2D eigenvalue weighted by molar-refractivity contribution is -0.120. The average Bonchev–Trinajstić information content (AvgIpc) is 3.47. The predicted molar refractivity (Wildman–Crippen MR) is 118 cm³/mol. The van der Waals surface area contributed by atoms with Gasteiger partial charge in [0.05, 0.1) is 23.9 Å². The molecule has 0 bridgehead atoms. The van der Waals surface area contributed by atoms with Crippen LogP contribution in [0.25, 0.3) is 11.0 Å². The number of hydrogen-bond donors (Lipinski definition) is 1. The molecular weight excluding hydrogens is 420 g/mol. The maximum atomic E-state index is 11.1. The summed E-state index contributed by atoms with van der Waals surface area (Å²) < 4.78 is 20.0. The summed E-state index contributed by atoms with van der Waals surface area (Å²) in [4.78, 5) is 20.3. The summed E-state index contributed by atoms with van der Waals surface area (Å²) >= 11 is 6.61. The number of pyridine rings is 1. The van der Waals surface area contributed by atoms with E-state index in [1.54, 1.807) is 0 Å². The highest BCUT2D eigenvalue weighted by Crippen LogP contribution is 2.38. The lowest BCUT2D eigenvalue weighted by Gasteiger charge is -2.29. The van der Waals surface area contributed by atoms with E-state index in [2.05, 4.69) is 15.3 Å². The first-order chi connectivity index (χ1) is 14.8. The Morgan fingerprint density at radius 1 is 1.13 bits per heavy atom. The molecule has 4 rings (SSSR count). The number of carbonyl (C=O) groups is 1. The van der Waals surface area contributed by atoms with Crippen LogP contribution in [0.4, 0.5) is 0 Å². The van der Waals surface area contributed by atoms with Crippen molar-refractivity contribution < 1.29 is 19.0 Å².